The maximum Gasteiger partial charge on any atom is 0.250 e. The maximum absolute atomic E-state index is 13.0. The van der Waals surface area contributed by atoms with E-state index in [0.717, 1.165) is 11.3 Å². The van der Waals surface area contributed by atoms with Gasteiger partial charge in [-0.2, -0.15) is 0 Å². The van der Waals surface area contributed by atoms with E-state index < -0.39 is 0 Å². The Bertz CT molecular complexity index is 781. The highest BCUT2D eigenvalue weighted by Gasteiger charge is 2.11. The van der Waals surface area contributed by atoms with Gasteiger partial charge in [-0.1, -0.05) is 12.1 Å². The smallest absolute Gasteiger partial charge is 0.250 e. The summed E-state index contributed by atoms with van der Waals surface area (Å²) in [5, 5.41) is 8.56. The zero-order chi connectivity index (χ0) is 19.6. The topological polar surface area (TPSA) is 88.7 Å². The minimum absolute atomic E-state index is 0.101. The van der Waals surface area contributed by atoms with Gasteiger partial charge in [-0.3, -0.25) is 9.59 Å². The zero-order valence-corrected chi connectivity index (χ0v) is 15.2. The third kappa shape index (κ3) is 6.69. The highest BCUT2D eigenvalue weighted by Crippen LogP contribution is 2.26. The molecule has 7 nitrogen and oxygen atoms in total. The Labute approximate surface area is 156 Å². The molecule has 0 spiro atoms. The first-order chi connectivity index (χ1) is 13.0. The van der Waals surface area contributed by atoms with E-state index in [-0.39, 0.29) is 30.8 Å². The summed E-state index contributed by atoms with van der Waals surface area (Å²) in [6, 6.07) is 11.3. The van der Waals surface area contributed by atoms with E-state index in [0.29, 0.717) is 17.9 Å². The van der Waals surface area contributed by atoms with Gasteiger partial charge in [0.05, 0.1) is 11.4 Å². The fourth-order valence-corrected chi connectivity index (χ4v) is 2.31. The van der Waals surface area contributed by atoms with Crippen LogP contribution in [0.15, 0.2) is 42.5 Å². The van der Waals surface area contributed by atoms with Crippen LogP contribution in [-0.2, 0) is 25.6 Å². The third-order valence-corrected chi connectivity index (χ3v) is 3.53. The molecule has 0 radical (unpaired) electrons. The molecule has 0 fully saturated rings. The Kier molecular flexibility index (Phi) is 7.72. The van der Waals surface area contributed by atoms with Crippen LogP contribution < -0.4 is 16.0 Å². The van der Waals surface area contributed by atoms with Crippen molar-refractivity contribution in [2.45, 2.75) is 6.54 Å². The number of anilines is 3. The van der Waals surface area contributed by atoms with Crippen LogP contribution in [-0.4, -0.2) is 39.2 Å². The maximum atomic E-state index is 13.0. The SMILES string of the molecule is COCC(=O)Nc1ccc(NCc2ccc(F)cc2)cc1NC(=O)COC. The van der Waals surface area contributed by atoms with E-state index in [1.807, 2.05) is 0 Å². The number of nitrogens with one attached hydrogen (secondary N) is 3. The van der Waals surface area contributed by atoms with Crippen molar-refractivity contribution >= 4 is 28.9 Å². The number of halogens is 1. The summed E-state index contributed by atoms with van der Waals surface area (Å²) >= 11 is 0. The second-order valence-electron chi connectivity index (χ2n) is 5.70. The van der Waals surface area contributed by atoms with Crippen LogP contribution >= 0.6 is 0 Å². The lowest BCUT2D eigenvalue weighted by atomic mass is 10.2. The van der Waals surface area contributed by atoms with Gasteiger partial charge < -0.3 is 25.4 Å². The molecule has 0 aliphatic carbocycles. The van der Waals surface area contributed by atoms with Crippen molar-refractivity contribution in [3.8, 4) is 0 Å². The van der Waals surface area contributed by atoms with Crippen molar-refractivity contribution in [1.82, 2.24) is 0 Å². The molecule has 144 valence electrons. The van der Waals surface area contributed by atoms with Gasteiger partial charge >= 0.3 is 0 Å². The summed E-state index contributed by atoms with van der Waals surface area (Å²) in [5.74, 6) is -0.986. The summed E-state index contributed by atoms with van der Waals surface area (Å²) in [6.07, 6.45) is 0. The van der Waals surface area contributed by atoms with Gasteiger partial charge in [0, 0.05) is 26.5 Å². The van der Waals surface area contributed by atoms with Crippen molar-refractivity contribution in [1.29, 1.82) is 0 Å². The zero-order valence-electron chi connectivity index (χ0n) is 15.2. The average molecular weight is 375 g/mol. The number of carbonyl (C=O) groups is 2. The lowest BCUT2D eigenvalue weighted by Crippen LogP contribution is -2.21. The number of hydrogen-bond acceptors (Lipinski definition) is 5. The number of methoxy groups -OCH3 is 2. The quantitative estimate of drug-likeness (QED) is 0.627. The molecule has 0 unspecified atom stereocenters. The van der Waals surface area contributed by atoms with Crippen molar-refractivity contribution in [2.75, 3.05) is 43.4 Å². The Morgan fingerprint density at radius 3 is 2.07 bits per heavy atom. The molecule has 0 aromatic heterocycles. The molecule has 8 heteroatoms. The first-order valence-corrected chi connectivity index (χ1v) is 8.21. The number of hydrogen-bond donors (Lipinski definition) is 3. The molecular formula is C19H22FN3O4. The van der Waals surface area contributed by atoms with Crippen LogP contribution in [0.4, 0.5) is 21.5 Å². The lowest BCUT2D eigenvalue weighted by Gasteiger charge is -2.15. The second kappa shape index (κ2) is 10.2. The highest BCUT2D eigenvalue weighted by molar-refractivity contribution is 6.01. The van der Waals surface area contributed by atoms with Gasteiger partial charge in [0.25, 0.3) is 0 Å². The van der Waals surface area contributed by atoms with E-state index in [4.69, 9.17) is 9.47 Å². The van der Waals surface area contributed by atoms with Crippen LogP contribution in [0.5, 0.6) is 0 Å². The molecule has 2 rings (SSSR count). The lowest BCUT2D eigenvalue weighted by molar-refractivity contribution is -0.120. The standard InChI is InChI=1S/C19H22FN3O4/c1-26-11-18(24)22-16-8-7-15(9-17(16)23-19(25)12-27-2)21-10-13-3-5-14(20)6-4-13/h3-9,21H,10-12H2,1-2H3,(H,22,24)(H,23,25). The highest BCUT2D eigenvalue weighted by atomic mass is 19.1. The van der Waals surface area contributed by atoms with Crippen molar-refractivity contribution in [3.05, 3.63) is 53.8 Å². The number of rotatable bonds is 9. The van der Waals surface area contributed by atoms with Crippen LogP contribution in [0.25, 0.3) is 0 Å². The summed E-state index contributed by atoms with van der Waals surface area (Å²) in [7, 11) is 2.84. The number of carbonyl (C=O) groups excluding carboxylic acids is 2. The number of amides is 2. The Morgan fingerprint density at radius 2 is 1.48 bits per heavy atom. The summed E-state index contributed by atoms with van der Waals surface area (Å²) < 4.78 is 22.6. The van der Waals surface area contributed by atoms with E-state index in [2.05, 4.69) is 16.0 Å². The van der Waals surface area contributed by atoms with E-state index >= 15 is 0 Å². The molecular weight excluding hydrogens is 353 g/mol. The predicted molar refractivity (Wildman–Crippen MR) is 101 cm³/mol. The fraction of sp³-hybridized carbons (Fsp3) is 0.263. The molecule has 0 aliphatic heterocycles. The van der Waals surface area contributed by atoms with E-state index in [1.54, 1.807) is 30.3 Å². The molecule has 0 heterocycles. The number of ether oxygens (including phenoxy) is 2. The Hall–Kier alpha value is -2.97. The van der Waals surface area contributed by atoms with E-state index in [1.165, 1.54) is 26.4 Å². The average Bonchev–Trinajstić information content (AvgIpc) is 2.63. The minimum atomic E-state index is -0.351. The van der Waals surface area contributed by atoms with Gasteiger partial charge in [0.2, 0.25) is 11.8 Å². The largest absolute Gasteiger partial charge is 0.381 e. The van der Waals surface area contributed by atoms with Crippen LogP contribution in [0.2, 0.25) is 0 Å². The summed E-state index contributed by atoms with van der Waals surface area (Å²) in [6.45, 7) is 0.260. The van der Waals surface area contributed by atoms with E-state index in [9.17, 15) is 14.0 Å². The van der Waals surface area contributed by atoms with Crippen LogP contribution in [0.3, 0.4) is 0 Å². The first kappa shape index (κ1) is 20.3. The molecule has 2 aromatic rings. The third-order valence-electron chi connectivity index (χ3n) is 3.53. The van der Waals surface area contributed by atoms with Crippen molar-refractivity contribution in [2.24, 2.45) is 0 Å². The number of benzene rings is 2. The van der Waals surface area contributed by atoms with Gasteiger partial charge in [-0.05, 0) is 35.9 Å². The first-order valence-electron chi connectivity index (χ1n) is 8.21. The van der Waals surface area contributed by atoms with Gasteiger partial charge in [-0.25, -0.2) is 4.39 Å². The van der Waals surface area contributed by atoms with Gasteiger partial charge in [-0.15, -0.1) is 0 Å². The summed E-state index contributed by atoms with van der Waals surface area (Å²) in [5.41, 5.74) is 2.48. The van der Waals surface area contributed by atoms with Crippen molar-refractivity contribution < 1.29 is 23.5 Å². The van der Waals surface area contributed by atoms with Crippen LogP contribution in [0, 0.1) is 5.82 Å². The predicted octanol–water partition coefficient (Wildman–Crippen LogP) is 2.61. The molecule has 0 bridgehead atoms. The Balaban J connectivity index is 2.14. The molecule has 2 amide bonds. The monoisotopic (exact) mass is 375 g/mol. The molecule has 27 heavy (non-hydrogen) atoms. The molecule has 0 saturated carbocycles. The fourth-order valence-electron chi connectivity index (χ4n) is 2.31. The summed E-state index contributed by atoms with van der Waals surface area (Å²) in [4.78, 5) is 23.6. The minimum Gasteiger partial charge on any atom is -0.381 e. The van der Waals surface area contributed by atoms with Crippen LogP contribution in [0.1, 0.15) is 5.56 Å². The van der Waals surface area contributed by atoms with Gasteiger partial charge in [0.15, 0.2) is 0 Å². The second-order valence-corrected chi connectivity index (χ2v) is 5.70. The molecule has 0 saturated heterocycles. The molecule has 2 aromatic carbocycles. The Morgan fingerprint density at radius 1 is 0.889 bits per heavy atom. The molecule has 0 aliphatic rings. The normalized spacial score (nSPS) is 10.3. The van der Waals surface area contributed by atoms with Gasteiger partial charge in [0.1, 0.15) is 19.0 Å². The molecule has 0 atom stereocenters. The van der Waals surface area contributed by atoms with Crippen molar-refractivity contribution in [3.63, 3.8) is 0 Å². The molecule has 3 N–H and O–H groups in total.